The van der Waals surface area contributed by atoms with Gasteiger partial charge in [0.2, 0.25) is 0 Å². The van der Waals surface area contributed by atoms with Gasteiger partial charge in [-0.05, 0) is 28.8 Å². The van der Waals surface area contributed by atoms with Gasteiger partial charge in [-0.1, -0.05) is 6.92 Å². The first kappa shape index (κ1) is 10.2. The molecule has 0 radical (unpaired) electrons. The number of aryl methyl sites for hydroxylation is 1. The molecule has 0 spiro atoms. The number of hydrogen-bond acceptors (Lipinski definition) is 3. The van der Waals surface area contributed by atoms with Crippen LogP contribution in [0.1, 0.15) is 18.9 Å². The molecule has 2 heterocycles. The molecule has 0 bridgehead atoms. The van der Waals surface area contributed by atoms with Gasteiger partial charge in [0.15, 0.2) is 5.75 Å². The van der Waals surface area contributed by atoms with E-state index >= 15 is 0 Å². The van der Waals surface area contributed by atoms with Gasteiger partial charge in [-0.3, -0.25) is 4.68 Å². The van der Waals surface area contributed by atoms with Crippen molar-refractivity contribution in [3.63, 3.8) is 0 Å². The summed E-state index contributed by atoms with van der Waals surface area (Å²) < 4.78 is 7.51. The van der Waals surface area contributed by atoms with Crippen LogP contribution in [0.4, 0.5) is 0 Å². The van der Waals surface area contributed by atoms with Gasteiger partial charge >= 0.3 is 0 Å². The van der Waals surface area contributed by atoms with E-state index in [0.29, 0.717) is 6.61 Å². The summed E-state index contributed by atoms with van der Waals surface area (Å²) in [6, 6.07) is 2.07. The van der Waals surface area contributed by atoms with Crippen LogP contribution in [0.5, 0.6) is 5.75 Å². The van der Waals surface area contributed by atoms with Crippen LogP contribution < -0.4 is 4.74 Å². The van der Waals surface area contributed by atoms with E-state index < -0.39 is 0 Å². The predicted molar refractivity (Wildman–Crippen MR) is 61.2 cm³/mol. The third-order valence-electron chi connectivity index (χ3n) is 2.05. The summed E-state index contributed by atoms with van der Waals surface area (Å²) in [5, 5.41) is 8.35. The van der Waals surface area contributed by atoms with Crippen LogP contribution in [0.15, 0.2) is 29.2 Å². The summed E-state index contributed by atoms with van der Waals surface area (Å²) in [7, 11) is 0. The van der Waals surface area contributed by atoms with E-state index in [1.165, 1.54) is 5.56 Å². The molecule has 4 heteroatoms. The summed E-state index contributed by atoms with van der Waals surface area (Å²) in [5.41, 5.74) is 1.21. The largest absolute Gasteiger partial charge is 0.486 e. The van der Waals surface area contributed by atoms with Gasteiger partial charge in [-0.2, -0.15) is 16.4 Å². The lowest BCUT2D eigenvalue weighted by Gasteiger charge is -2.00. The third kappa shape index (κ3) is 2.83. The quantitative estimate of drug-likeness (QED) is 0.777. The van der Waals surface area contributed by atoms with Crippen LogP contribution in [0, 0.1) is 0 Å². The molecule has 0 saturated heterocycles. The minimum Gasteiger partial charge on any atom is -0.486 e. The van der Waals surface area contributed by atoms with Gasteiger partial charge in [0.05, 0.1) is 12.4 Å². The summed E-state index contributed by atoms with van der Waals surface area (Å²) >= 11 is 1.69. The first-order valence-corrected chi connectivity index (χ1v) is 5.99. The number of hydrogen-bond donors (Lipinski definition) is 0. The van der Waals surface area contributed by atoms with Gasteiger partial charge in [-0.25, -0.2) is 0 Å². The normalized spacial score (nSPS) is 10.5. The van der Waals surface area contributed by atoms with Crippen LogP contribution in [-0.2, 0) is 13.2 Å². The number of nitrogens with zero attached hydrogens (tertiary/aromatic N) is 2. The summed E-state index contributed by atoms with van der Waals surface area (Å²) in [5.74, 6) is 0.842. The van der Waals surface area contributed by atoms with Crippen molar-refractivity contribution in [1.29, 1.82) is 0 Å². The van der Waals surface area contributed by atoms with Crippen molar-refractivity contribution in [1.82, 2.24) is 9.78 Å². The molecule has 0 aromatic carbocycles. The second kappa shape index (κ2) is 4.98. The maximum Gasteiger partial charge on any atom is 0.157 e. The van der Waals surface area contributed by atoms with Crippen molar-refractivity contribution in [3.8, 4) is 5.75 Å². The number of thiophene rings is 1. The minimum atomic E-state index is 0.626. The second-order valence-electron chi connectivity index (χ2n) is 3.36. The Balaban J connectivity index is 1.88. The molecule has 0 saturated carbocycles. The zero-order chi connectivity index (χ0) is 10.5. The Kier molecular flexibility index (Phi) is 3.40. The average molecular weight is 222 g/mol. The minimum absolute atomic E-state index is 0.626. The Morgan fingerprint density at radius 3 is 3.20 bits per heavy atom. The Labute approximate surface area is 93.3 Å². The maximum atomic E-state index is 5.60. The van der Waals surface area contributed by atoms with E-state index in [-0.39, 0.29) is 0 Å². The first-order chi connectivity index (χ1) is 7.38. The molecule has 0 N–H and O–H groups in total. The van der Waals surface area contributed by atoms with Crippen LogP contribution in [0.2, 0.25) is 0 Å². The van der Waals surface area contributed by atoms with Crippen molar-refractivity contribution in [2.75, 3.05) is 0 Å². The van der Waals surface area contributed by atoms with Crippen molar-refractivity contribution in [2.45, 2.75) is 26.5 Å². The molecule has 0 fully saturated rings. The number of ether oxygens (including phenoxy) is 1. The van der Waals surface area contributed by atoms with Gasteiger partial charge in [0.1, 0.15) is 6.61 Å². The Hall–Kier alpha value is -1.29. The molecule has 0 atom stereocenters. The first-order valence-electron chi connectivity index (χ1n) is 5.05. The lowest BCUT2D eigenvalue weighted by molar-refractivity contribution is 0.306. The smallest absolute Gasteiger partial charge is 0.157 e. The highest BCUT2D eigenvalue weighted by atomic mass is 32.1. The fourth-order valence-electron chi connectivity index (χ4n) is 1.31. The standard InChI is InChI=1S/C11H14N2OS/c1-2-4-13-7-11(6-12-13)14-8-10-3-5-15-9-10/h3,5-7,9H,2,4,8H2,1H3. The van der Waals surface area contributed by atoms with E-state index in [1.807, 2.05) is 10.9 Å². The summed E-state index contributed by atoms with van der Waals surface area (Å²) in [4.78, 5) is 0. The average Bonchev–Trinajstić information content (AvgIpc) is 2.85. The number of aromatic nitrogens is 2. The molecular weight excluding hydrogens is 208 g/mol. The molecule has 2 rings (SSSR count). The predicted octanol–water partition coefficient (Wildman–Crippen LogP) is 2.93. The highest BCUT2D eigenvalue weighted by Gasteiger charge is 1.99. The van der Waals surface area contributed by atoms with E-state index in [4.69, 9.17) is 4.74 Å². The number of rotatable bonds is 5. The zero-order valence-electron chi connectivity index (χ0n) is 8.72. The molecule has 0 amide bonds. The molecule has 0 aliphatic carbocycles. The molecule has 2 aromatic heterocycles. The molecule has 2 aromatic rings. The fraction of sp³-hybridized carbons (Fsp3) is 0.364. The van der Waals surface area contributed by atoms with Crippen LogP contribution >= 0.6 is 11.3 Å². The van der Waals surface area contributed by atoms with Crippen molar-refractivity contribution in [2.24, 2.45) is 0 Å². The van der Waals surface area contributed by atoms with E-state index in [1.54, 1.807) is 17.5 Å². The lowest BCUT2D eigenvalue weighted by atomic mass is 10.4. The monoisotopic (exact) mass is 222 g/mol. The van der Waals surface area contributed by atoms with Gasteiger partial charge in [0.25, 0.3) is 0 Å². The molecule has 0 aliphatic heterocycles. The molecule has 3 nitrogen and oxygen atoms in total. The zero-order valence-corrected chi connectivity index (χ0v) is 9.54. The Morgan fingerprint density at radius 1 is 1.53 bits per heavy atom. The second-order valence-corrected chi connectivity index (χ2v) is 4.14. The SMILES string of the molecule is CCCn1cc(OCc2ccsc2)cn1. The van der Waals surface area contributed by atoms with Crippen LogP contribution in [0.3, 0.4) is 0 Å². The fourth-order valence-corrected chi connectivity index (χ4v) is 1.97. The Bertz CT molecular complexity index is 394. The van der Waals surface area contributed by atoms with Crippen molar-refractivity contribution in [3.05, 3.63) is 34.8 Å². The molecule has 15 heavy (non-hydrogen) atoms. The van der Waals surface area contributed by atoms with Crippen LogP contribution in [-0.4, -0.2) is 9.78 Å². The third-order valence-corrected chi connectivity index (χ3v) is 2.78. The molecular formula is C11H14N2OS. The van der Waals surface area contributed by atoms with E-state index in [2.05, 4.69) is 28.8 Å². The van der Waals surface area contributed by atoms with Crippen LogP contribution in [0.25, 0.3) is 0 Å². The van der Waals surface area contributed by atoms with E-state index in [0.717, 1.165) is 18.7 Å². The van der Waals surface area contributed by atoms with Crippen molar-refractivity contribution >= 4 is 11.3 Å². The molecule has 0 aliphatic rings. The molecule has 0 unspecified atom stereocenters. The maximum absolute atomic E-state index is 5.60. The Morgan fingerprint density at radius 2 is 2.47 bits per heavy atom. The van der Waals surface area contributed by atoms with Gasteiger partial charge in [-0.15, -0.1) is 0 Å². The topological polar surface area (TPSA) is 27.1 Å². The highest BCUT2D eigenvalue weighted by molar-refractivity contribution is 7.07. The summed E-state index contributed by atoms with van der Waals surface area (Å²) in [6.45, 7) is 3.71. The van der Waals surface area contributed by atoms with Gasteiger partial charge in [0, 0.05) is 6.54 Å². The highest BCUT2D eigenvalue weighted by Crippen LogP contribution is 2.13. The molecule has 80 valence electrons. The van der Waals surface area contributed by atoms with Crippen molar-refractivity contribution < 1.29 is 4.74 Å². The van der Waals surface area contributed by atoms with E-state index in [9.17, 15) is 0 Å². The summed E-state index contributed by atoms with van der Waals surface area (Å²) in [6.07, 6.45) is 4.80. The lowest BCUT2D eigenvalue weighted by Crippen LogP contribution is -1.96. The van der Waals surface area contributed by atoms with Gasteiger partial charge < -0.3 is 4.74 Å².